The molecular formula is C14H11BrClN3. The highest BCUT2D eigenvalue weighted by Crippen LogP contribution is 2.35. The molecule has 2 aromatic heterocycles. The van der Waals surface area contributed by atoms with Crippen LogP contribution in [-0.2, 0) is 7.05 Å². The van der Waals surface area contributed by atoms with Crippen LogP contribution in [0.3, 0.4) is 0 Å². The summed E-state index contributed by atoms with van der Waals surface area (Å²) in [5, 5.41) is 1.68. The molecule has 0 bridgehead atoms. The Kier molecular flexibility index (Phi) is 3.07. The van der Waals surface area contributed by atoms with Crippen LogP contribution in [0.2, 0.25) is 5.02 Å². The van der Waals surface area contributed by atoms with E-state index in [0.717, 1.165) is 32.6 Å². The largest absolute Gasteiger partial charge is 0.334 e. The Balaban J connectivity index is 2.44. The van der Waals surface area contributed by atoms with Gasteiger partial charge in [0, 0.05) is 28.3 Å². The van der Waals surface area contributed by atoms with Gasteiger partial charge in [0.25, 0.3) is 0 Å². The third kappa shape index (κ3) is 2.05. The van der Waals surface area contributed by atoms with Crippen LogP contribution >= 0.6 is 27.5 Å². The van der Waals surface area contributed by atoms with E-state index in [-0.39, 0.29) is 0 Å². The molecule has 19 heavy (non-hydrogen) atoms. The molecule has 0 spiro atoms. The summed E-state index contributed by atoms with van der Waals surface area (Å²) in [5.41, 5.74) is 2.68. The van der Waals surface area contributed by atoms with Crippen molar-refractivity contribution < 1.29 is 0 Å². The van der Waals surface area contributed by atoms with Crippen molar-refractivity contribution in [3.63, 3.8) is 0 Å². The van der Waals surface area contributed by atoms with Crippen LogP contribution in [0.4, 0.5) is 0 Å². The van der Waals surface area contributed by atoms with Gasteiger partial charge in [0.1, 0.15) is 11.5 Å². The second kappa shape index (κ2) is 4.62. The molecule has 5 heteroatoms. The molecule has 0 aliphatic carbocycles. The monoisotopic (exact) mass is 335 g/mol. The van der Waals surface area contributed by atoms with Crippen LogP contribution in [0.15, 0.2) is 34.9 Å². The molecule has 3 nitrogen and oxygen atoms in total. The summed E-state index contributed by atoms with van der Waals surface area (Å²) in [4.78, 5) is 9.06. The Labute approximate surface area is 124 Å². The molecule has 2 heterocycles. The topological polar surface area (TPSA) is 30.7 Å². The maximum Gasteiger partial charge on any atom is 0.145 e. The Morgan fingerprint density at radius 1 is 1.21 bits per heavy atom. The quantitative estimate of drug-likeness (QED) is 0.661. The average Bonchev–Trinajstić information content (AvgIpc) is 2.65. The number of nitrogens with zero attached hydrogens (tertiary/aromatic N) is 3. The molecule has 0 aliphatic heterocycles. The summed E-state index contributed by atoms with van der Waals surface area (Å²) >= 11 is 9.86. The minimum atomic E-state index is 0.692. The zero-order chi connectivity index (χ0) is 13.6. The molecule has 96 valence electrons. The number of hydrogen-bond donors (Lipinski definition) is 0. The summed E-state index contributed by atoms with van der Waals surface area (Å²) in [7, 11) is 1.97. The van der Waals surface area contributed by atoms with E-state index >= 15 is 0 Å². The molecule has 3 rings (SSSR count). The van der Waals surface area contributed by atoms with Crippen molar-refractivity contribution in [2.75, 3.05) is 0 Å². The number of aromatic nitrogens is 3. The van der Waals surface area contributed by atoms with E-state index in [1.54, 1.807) is 0 Å². The molecular weight excluding hydrogens is 326 g/mol. The van der Waals surface area contributed by atoms with Gasteiger partial charge < -0.3 is 4.57 Å². The third-order valence-electron chi connectivity index (χ3n) is 3.01. The summed E-state index contributed by atoms with van der Waals surface area (Å²) in [6.45, 7) is 1.89. The van der Waals surface area contributed by atoms with Gasteiger partial charge in [0.15, 0.2) is 0 Å². The predicted octanol–water partition coefficient (Wildman–Crippen LogP) is 4.36. The van der Waals surface area contributed by atoms with E-state index in [4.69, 9.17) is 11.6 Å². The van der Waals surface area contributed by atoms with Gasteiger partial charge in [0.05, 0.1) is 11.1 Å². The van der Waals surface area contributed by atoms with Crippen LogP contribution in [0.1, 0.15) is 5.82 Å². The lowest BCUT2D eigenvalue weighted by Gasteiger charge is -2.07. The predicted molar refractivity (Wildman–Crippen MR) is 81.4 cm³/mol. The van der Waals surface area contributed by atoms with E-state index in [1.807, 2.05) is 49.0 Å². The van der Waals surface area contributed by atoms with Crippen molar-refractivity contribution in [3.8, 4) is 11.3 Å². The molecule has 0 atom stereocenters. The Bertz CT molecular complexity index is 780. The van der Waals surface area contributed by atoms with Gasteiger partial charge in [-0.25, -0.2) is 9.97 Å². The van der Waals surface area contributed by atoms with Crippen molar-refractivity contribution >= 4 is 38.6 Å². The van der Waals surface area contributed by atoms with Gasteiger partial charge in [-0.2, -0.15) is 0 Å². The number of hydrogen-bond acceptors (Lipinski definition) is 2. The van der Waals surface area contributed by atoms with Crippen molar-refractivity contribution in [1.29, 1.82) is 0 Å². The number of benzene rings is 1. The van der Waals surface area contributed by atoms with Gasteiger partial charge in [0.2, 0.25) is 0 Å². The van der Waals surface area contributed by atoms with Gasteiger partial charge in [-0.15, -0.1) is 0 Å². The van der Waals surface area contributed by atoms with Gasteiger partial charge >= 0.3 is 0 Å². The molecule has 0 saturated heterocycles. The Morgan fingerprint density at radius 2 is 1.95 bits per heavy atom. The average molecular weight is 337 g/mol. The van der Waals surface area contributed by atoms with E-state index in [2.05, 4.69) is 25.9 Å². The third-order valence-corrected chi connectivity index (χ3v) is 3.94. The number of halogens is 2. The first kappa shape index (κ1) is 12.6. The molecule has 1 aromatic carbocycles. The fourth-order valence-electron chi connectivity index (χ4n) is 2.18. The fourth-order valence-corrected chi connectivity index (χ4v) is 3.07. The molecule has 0 fully saturated rings. The summed E-state index contributed by atoms with van der Waals surface area (Å²) in [6.07, 6.45) is 1.99. The van der Waals surface area contributed by atoms with Crippen molar-refractivity contribution in [3.05, 3.63) is 45.8 Å². The highest BCUT2D eigenvalue weighted by Gasteiger charge is 2.16. The first-order valence-electron chi connectivity index (χ1n) is 5.82. The van der Waals surface area contributed by atoms with Gasteiger partial charge in [-0.3, -0.25) is 0 Å². The zero-order valence-corrected chi connectivity index (χ0v) is 12.8. The molecule has 0 amide bonds. The lowest BCUT2D eigenvalue weighted by molar-refractivity contribution is 0.931. The van der Waals surface area contributed by atoms with E-state index < -0.39 is 0 Å². The number of fused-ring (bicyclic) bond motifs is 1. The number of rotatable bonds is 1. The number of aryl methyl sites for hydroxylation is 2. The second-order valence-electron chi connectivity index (χ2n) is 4.39. The van der Waals surface area contributed by atoms with Crippen LogP contribution in [-0.4, -0.2) is 14.5 Å². The van der Waals surface area contributed by atoms with E-state index in [9.17, 15) is 0 Å². The zero-order valence-electron chi connectivity index (χ0n) is 10.5. The minimum Gasteiger partial charge on any atom is -0.334 e. The summed E-state index contributed by atoms with van der Waals surface area (Å²) in [5.74, 6) is 0.733. The second-order valence-corrected chi connectivity index (χ2v) is 5.65. The molecule has 0 N–H and O–H groups in total. The van der Waals surface area contributed by atoms with Crippen LogP contribution in [0, 0.1) is 6.92 Å². The highest BCUT2D eigenvalue weighted by atomic mass is 79.9. The highest BCUT2D eigenvalue weighted by molar-refractivity contribution is 9.10. The molecule has 0 saturated carbocycles. The lowest BCUT2D eigenvalue weighted by Crippen LogP contribution is -1.96. The summed E-state index contributed by atoms with van der Waals surface area (Å²) in [6, 6.07) is 7.72. The van der Waals surface area contributed by atoms with Crippen molar-refractivity contribution in [2.24, 2.45) is 7.05 Å². The Hall–Kier alpha value is -1.39. The first-order valence-corrected chi connectivity index (χ1v) is 6.99. The molecule has 0 unspecified atom stereocenters. The lowest BCUT2D eigenvalue weighted by atomic mass is 10.1. The molecule has 0 radical (unpaired) electrons. The SMILES string of the molecule is Cc1nc(-c2ccccc2Cl)c2c(Br)cn(C)c2n1. The van der Waals surface area contributed by atoms with Gasteiger partial charge in [-0.1, -0.05) is 29.8 Å². The van der Waals surface area contributed by atoms with Gasteiger partial charge in [-0.05, 0) is 28.9 Å². The maximum atomic E-state index is 6.29. The van der Waals surface area contributed by atoms with Crippen molar-refractivity contribution in [2.45, 2.75) is 6.92 Å². The van der Waals surface area contributed by atoms with Crippen LogP contribution < -0.4 is 0 Å². The molecule has 3 aromatic rings. The minimum absolute atomic E-state index is 0.692. The normalized spacial score (nSPS) is 11.2. The first-order chi connectivity index (χ1) is 9.08. The molecule has 0 aliphatic rings. The standard InChI is InChI=1S/C14H11BrClN3/c1-8-17-13(9-5-3-4-6-11(9)16)12-10(15)7-19(2)14(12)18-8/h3-7H,1-2H3. The van der Waals surface area contributed by atoms with Crippen LogP contribution in [0.5, 0.6) is 0 Å². The fraction of sp³-hybridized carbons (Fsp3) is 0.143. The van der Waals surface area contributed by atoms with Crippen LogP contribution in [0.25, 0.3) is 22.3 Å². The van der Waals surface area contributed by atoms with E-state index in [0.29, 0.717) is 5.02 Å². The van der Waals surface area contributed by atoms with E-state index in [1.165, 1.54) is 0 Å². The Morgan fingerprint density at radius 3 is 2.68 bits per heavy atom. The maximum absolute atomic E-state index is 6.29. The smallest absolute Gasteiger partial charge is 0.145 e. The summed E-state index contributed by atoms with van der Waals surface area (Å²) < 4.78 is 2.95. The van der Waals surface area contributed by atoms with Crippen molar-refractivity contribution in [1.82, 2.24) is 14.5 Å².